The van der Waals surface area contributed by atoms with Crippen molar-refractivity contribution in [3.63, 3.8) is 0 Å². The molecule has 0 radical (unpaired) electrons. The van der Waals surface area contributed by atoms with E-state index in [0.717, 1.165) is 27.6 Å². The van der Waals surface area contributed by atoms with Gasteiger partial charge in [0.25, 0.3) is 0 Å². The summed E-state index contributed by atoms with van der Waals surface area (Å²) in [7, 11) is 0. The maximum atomic E-state index is 11.0. The lowest BCUT2D eigenvalue weighted by atomic mass is 9.98. The Bertz CT molecular complexity index is 989. The monoisotopic (exact) mass is 397 g/mol. The van der Waals surface area contributed by atoms with Crippen LogP contribution in [0, 0.1) is 5.92 Å². The van der Waals surface area contributed by atoms with Gasteiger partial charge in [0.15, 0.2) is 0 Å². The summed E-state index contributed by atoms with van der Waals surface area (Å²) >= 11 is 6.60. The third-order valence-corrected chi connectivity index (χ3v) is 5.81. The molecule has 28 heavy (non-hydrogen) atoms. The number of carbonyl (C=O) groups is 1. The number of aryl methyl sites for hydroxylation is 1. The van der Waals surface area contributed by atoms with Crippen LogP contribution in [-0.2, 0) is 11.2 Å². The standard InChI is InChI=1S/C23H24ClNO3/c24-20-12-16(5-8-22(26)27)11-19(23(20)28-14-15-3-1-2-4-15)17-6-7-21-18(13-17)9-10-25-21/h6-7,9-13,15,25H,1-5,8,14H2,(H,26,27). The maximum Gasteiger partial charge on any atom is 0.303 e. The number of rotatable bonds is 7. The van der Waals surface area contributed by atoms with Crippen LogP contribution < -0.4 is 4.74 Å². The number of hydrogen-bond acceptors (Lipinski definition) is 2. The number of aromatic nitrogens is 1. The minimum atomic E-state index is -0.812. The number of aliphatic carboxylic acids is 1. The molecule has 2 N–H and O–H groups in total. The van der Waals surface area contributed by atoms with Gasteiger partial charge in [0.1, 0.15) is 5.75 Å². The van der Waals surface area contributed by atoms with Crippen molar-refractivity contribution in [1.82, 2.24) is 4.98 Å². The Labute approximate surface area is 169 Å². The topological polar surface area (TPSA) is 62.3 Å². The highest BCUT2D eigenvalue weighted by Gasteiger charge is 2.19. The smallest absolute Gasteiger partial charge is 0.303 e. The number of benzene rings is 2. The second kappa shape index (κ2) is 8.27. The summed E-state index contributed by atoms with van der Waals surface area (Å²) < 4.78 is 6.22. The summed E-state index contributed by atoms with van der Waals surface area (Å²) in [6.07, 6.45) is 7.40. The molecule has 0 bridgehead atoms. The van der Waals surface area contributed by atoms with E-state index in [9.17, 15) is 4.79 Å². The van der Waals surface area contributed by atoms with Crippen molar-refractivity contribution < 1.29 is 14.6 Å². The van der Waals surface area contributed by atoms with E-state index in [2.05, 4.69) is 11.1 Å². The first-order valence-corrected chi connectivity index (χ1v) is 10.2. The largest absolute Gasteiger partial charge is 0.491 e. The molecular formula is C23H24ClNO3. The first kappa shape index (κ1) is 18.9. The van der Waals surface area contributed by atoms with Crippen molar-refractivity contribution in [2.45, 2.75) is 38.5 Å². The number of halogens is 1. The lowest BCUT2D eigenvalue weighted by Crippen LogP contribution is -2.09. The van der Waals surface area contributed by atoms with E-state index in [-0.39, 0.29) is 6.42 Å². The Hall–Kier alpha value is -2.46. The number of carboxylic acids is 1. The highest BCUT2D eigenvalue weighted by molar-refractivity contribution is 6.32. The summed E-state index contributed by atoms with van der Waals surface area (Å²) in [4.78, 5) is 14.2. The van der Waals surface area contributed by atoms with Gasteiger partial charge in [0, 0.05) is 23.7 Å². The van der Waals surface area contributed by atoms with Crippen LogP contribution in [0.2, 0.25) is 5.02 Å². The molecule has 0 unspecified atom stereocenters. The van der Waals surface area contributed by atoms with Gasteiger partial charge in [-0.25, -0.2) is 0 Å². The van der Waals surface area contributed by atoms with Gasteiger partial charge in [-0.2, -0.15) is 0 Å². The van der Waals surface area contributed by atoms with E-state index in [4.69, 9.17) is 21.4 Å². The van der Waals surface area contributed by atoms with Crippen LogP contribution in [0.1, 0.15) is 37.7 Å². The number of H-pyrrole nitrogens is 1. The Morgan fingerprint density at radius 2 is 2.00 bits per heavy atom. The number of carboxylic acid groups (broad SMARTS) is 1. The van der Waals surface area contributed by atoms with Crippen molar-refractivity contribution >= 4 is 28.5 Å². The van der Waals surface area contributed by atoms with Crippen molar-refractivity contribution in [1.29, 1.82) is 0 Å². The van der Waals surface area contributed by atoms with E-state index in [1.165, 1.54) is 25.7 Å². The van der Waals surface area contributed by atoms with E-state index < -0.39 is 5.97 Å². The first-order valence-electron chi connectivity index (χ1n) is 9.84. The molecule has 1 saturated carbocycles. The fraction of sp³-hybridized carbons (Fsp3) is 0.348. The Balaban J connectivity index is 1.70. The Morgan fingerprint density at radius 3 is 2.79 bits per heavy atom. The second-order valence-corrected chi connectivity index (χ2v) is 8.00. The normalized spacial score (nSPS) is 14.6. The van der Waals surface area contributed by atoms with Gasteiger partial charge in [-0.05, 0) is 72.0 Å². The van der Waals surface area contributed by atoms with Crippen LogP contribution >= 0.6 is 11.6 Å². The zero-order valence-corrected chi connectivity index (χ0v) is 16.5. The van der Waals surface area contributed by atoms with E-state index in [1.54, 1.807) is 0 Å². The molecule has 3 aromatic rings. The predicted octanol–water partition coefficient (Wildman–Crippen LogP) is 6.07. The van der Waals surface area contributed by atoms with Gasteiger partial charge in [-0.3, -0.25) is 4.79 Å². The maximum absolute atomic E-state index is 11.0. The van der Waals surface area contributed by atoms with Crippen molar-refractivity contribution in [2.75, 3.05) is 6.61 Å². The first-order chi connectivity index (χ1) is 13.6. The second-order valence-electron chi connectivity index (χ2n) is 7.59. The molecular weight excluding hydrogens is 374 g/mol. The fourth-order valence-electron chi connectivity index (χ4n) is 4.01. The zero-order chi connectivity index (χ0) is 19.5. The molecule has 0 spiro atoms. The number of hydrogen-bond donors (Lipinski definition) is 2. The lowest BCUT2D eigenvalue weighted by Gasteiger charge is -2.18. The van der Waals surface area contributed by atoms with Gasteiger partial charge in [-0.15, -0.1) is 0 Å². The lowest BCUT2D eigenvalue weighted by molar-refractivity contribution is -0.136. The third kappa shape index (κ3) is 4.17. The van der Waals surface area contributed by atoms with Crippen LogP contribution in [0.3, 0.4) is 0 Å². The quantitative estimate of drug-likeness (QED) is 0.508. The molecule has 0 amide bonds. The van der Waals surface area contributed by atoms with Crippen LogP contribution in [0.15, 0.2) is 42.6 Å². The minimum absolute atomic E-state index is 0.0783. The molecule has 2 aromatic carbocycles. The van der Waals surface area contributed by atoms with Gasteiger partial charge < -0.3 is 14.8 Å². The molecule has 1 fully saturated rings. The summed E-state index contributed by atoms with van der Waals surface area (Å²) in [5.41, 5.74) is 3.93. The van der Waals surface area contributed by atoms with Crippen molar-refractivity contribution in [3.05, 3.63) is 53.2 Å². The van der Waals surface area contributed by atoms with Crippen LogP contribution in [-0.4, -0.2) is 22.7 Å². The summed E-state index contributed by atoms with van der Waals surface area (Å²) in [5.74, 6) is 0.471. The highest BCUT2D eigenvalue weighted by atomic mass is 35.5. The average molecular weight is 398 g/mol. The number of nitrogens with one attached hydrogen (secondary N) is 1. The third-order valence-electron chi connectivity index (χ3n) is 5.53. The molecule has 0 saturated heterocycles. The molecule has 0 atom stereocenters. The predicted molar refractivity (Wildman–Crippen MR) is 112 cm³/mol. The highest BCUT2D eigenvalue weighted by Crippen LogP contribution is 2.40. The van der Waals surface area contributed by atoms with Crippen LogP contribution in [0.25, 0.3) is 22.0 Å². The van der Waals surface area contributed by atoms with Crippen molar-refractivity contribution in [3.8, 4) is 16.9 Å². The SMILES string of the molecule is O=C(O)CCc1cc(Cl)c(OCC2CCCC2)c(-c2ccc3[nH]ccc3c2)c1. The number of aromatic amines is 1. The molecule has 1 aromatic heterocycles. The van der Waals surface area contributed by atoms with Gasteiger partial charge >= 0.3 is 5.97 Å². The molecule has 1 aliphatic carbocycles. The summed E-state index contributed by atoms with van der Waals surface area (Å²) in [6, 6.07) is 12.1. The summed E-state index contributed by atoms with van der Waals surface area (Å²) in [5, 5.41) is 10.7. The molecule has 0 aliphatic heterocycles. The average Bonchev–Trinajstić information content (AvgIpc) is 3.36. The van der Waals surface area contributed by atoms with Crippen LogP contribution in [0.4, 0.5) is 0 Å². The van der Waals surface area contributed by atoms with Crippen molar-refractivity contribution in [2.24, 2.45) is 5.92 Å². The Morgan fingerprint density at radius 1 is 1.18 bits per heavy atom. The fourth-order valence-corrected chi connectivity index (χ4v) is 4.30. The zero-order valence-electron chi connectivity index (χ0n) is 15.7. The molecule has 5 heteroatoms. The summed E-state index contributed by atoms with van der Waals surface area (Å²) in [6.45, 7) is 0.674. The number of ether oxygens (including phenoxy) is 1. The molecule has 1 aliphatic rings. The van der Waals surface area contributed by atoms with E-state index in [0.29, 0.717) is 29.7 Å². The molecule has 4 nitrogen and oxygen atoms in total. The van der Waals surface area contributed by atoms with E-state index in [1.807, 2.05) is 36.5 Å². The molecule has 146 valence electrons. The van der Waals surface area contributed by atoms with Gasteiger partial charge in [0.2, 0.25) is 0 Å². The van der Waals surface area contributed by atoms with Gasteiger partial charge in [-0.1, -0.05) is 30.5 Å². The minimum Gasteiger partial charge on any atom is -0.491 e. The molecule has 1 heterocycles. The van der Waals surface area contributed by atoms with E-state index >= 15 is 0 Å². The Kier molecular flexibility index (Phi) is 5.58. The van der Waals surface area contributed by atoms with Crippen LogP contribution in [0.5, 0.6) is 5.75 Å². The molecule has 4 rings (SSSR count). The van der Waals surface area contributed by atoms with Gasteiger partial charge in [0.05, 0.1) is 11.6 Å². The number of fused-ring (bicyclic) bond motifs is 1.